The molecule has 1 unspecified atom stereocenters. The van der Waals surface area contributed by atoms with Crippen molar-refractivity contribution in [3.63, 3.8) is 0 Å². The molecule has 0 bridgehead atoms. The summed E-state index contributed by atoms with van der Waals surface area (Å²) in [4.78, 5) is 28.2. The third kappa shape index (κ3) is 3.36. The van der Waals surface area contributed by atoms with Crippen LogP contribution in [-0.2, 0) is 19.6 Å². The van der Waals surface area contributed by atoms with E-state index in [2.05, 4.69) is 0 Å². The van der Waals surface area contributed by atoms with Crippen molar-refractivity contribution in [1.29, 1.82) is 0 Å². The Morgan fingerprint density at radius 2 is 1.82 bits per heavy atom. The lowest BCUT2D eigenvalue weighted by atomic mass is 9.95. The Bertz CT molecular complexity index is 545. The first kappa shape index (κ1) is 17.4. The predicted molar refractivity (Wildman–Crippen MR) is 82.7 cm³/mol. The average Bonchev–Trinajstić information content (AvgIpc) is 2.48. The van der Waals surface area contributed by atoms with E-state index in [1.807, 2.05) is 0 Å². The Morgan fingerprint density at radius 3 is 2.36 bits per heavy atom. The lowest BCUT2D eigenvalue weighted by Crippen LogP contribution is -2.61. The number of likely N-dealkylation sites (tertiary alicyclic amines) is 1. The zero-order valence-corrected chi connectivity index (χ0v) is 13.9. The van der Waals surface area contributed by atoms with E-state index < -0.39 is 22.0 Å². The van der Waals surface area contributed by atoms with Gasteiger partial charge in [-0.15, -0.1) is 0 Å². The number of carbonyl (C=O) groups is 2. The number of rotatable bonds is 4. The van der Waals surface area contributed by atoms with Crippen LogP contribution in [0.3, 0.4) is 0 Å². The molecule has 0 N–H and O–H groups in total. The first-order valence-corrected chi connectivity index (χ1v) is 9.17. The Labute approximate surface area is 133 Å². The number of hydrogen-bond donors (Lipinski definition) is 0. The van der Waals surface area contributed by atoms with E-state index >= 15 is 0 Å². The normalized spacial score (nSPS) is 26.0. The number of sulfonamides is 1. The van der Waals surface area contributed by atoms with E-state index in [-0.39, 0.29) is 24.0 Å². The molecule has 0 aromatic carbocycles. The summed E-state index contributed by atoms with van der Waals surface area (Å²) in [5.74, 6) is -0.852. The maximum Gasteiger partial charge on any atom is 0.248 e. The summed E-state index contributed by atoms with van der Waals surface area (Å²) in [5.41, 5.74) is 0. The van der Waals surface area contributed by atoms with Gasteiger partial charge in [0.05, 0.1) is 5.75 Å². The van der Waals surface area contributed by atoms with Crippen LogP contribution in [0.4, 0.5) is 0 Å². The van der Waals surface area contributed by atoms with E-state index in [9.17, 15) is 18.0 Å². The van der Waals surface area contributed by atoms with Crippen molar-refractivity contribution in [3.05, 3.63) is 0 Å². The minimum Gasteiger partial charge on any atom is -0.353 e. The number of likely N-dealkylation sites (N-methyl/N-ethyl adjacent to an activating group) is 1. The van der Waals surface area contributed by atoms with Crippen molar-refractivity contribution in [2.45, 2.75) is 38.3 Å². The molecule has 2 saturated heterocycles. The Hall–Kier alpha value is -0.925. The molecule has 2 aliphatic rings. The zero-order chi connectivity index (χ0) is 16.5. The second-order valence-corrected chi connectivity index (χ2v) is 8.15. The summed E-state index contributed by atoms with van der Waals surface area (Å²) in [6.45, 7) is 3.24. The highest BCUT2D eigenvalue weighted by molar-refractivity contribution is 7.89. The van der Waals surface area contributed by atoms with Crippen molar-refractivity contribution in [2.24, 2.45) is 0 Å². The quantitative estimate of drug-likeness (QED) is 0.488. The lowest BCUT2D eigenvalue weighted by molar-refractivity contribution is -0.147. The van der Waals surface area contributed by atoms with Gasteiger partial charge in [-0.3, -0.25) is 9.59 Å². The molecule has 0 aliphatic carbocycles. The van der Waals surface area contributed by atoms with Crippen molar-refractivity contribution in [2.75, 3.05) is 32.4 Å². The van der Waals surface area contributed by atoms with Gasteiger partial charge in [0.2, 0.25) is 15.9 Å². The van der Waals surface area contributed by atoms with Crippen LogP contribution >= 0.6 is 0 Å². The summed E-state index contributed by atoms with van der Waals surface area (Å²) < 4.78 is 24.9. The molecule has 1 atom stereocenters. The highest BCUT2D eigenvalue weighted by atomic mass is 32.2. The second kappa shape index (κ2) is 6.68. The van der Waals surface area contributed by atoms with E-state index in [0.29, 0.717) is 19.6 Å². The van der Waals surface area contributed by atoms with Gasteiger partial charge in [-0.1, -0.05) is 0 Å². The largest absolute Gasteiger partial charge is 0.353 e. The molecule has 1 amide bonds. The van der Waals surface area contributed by atoms with Gasteiger partial charge in [0.15, 0.2) is 19.8 Å². The van der Waals surface area contributed by atoms with Crippen LogP contribution in [0, 0.1) is 0 Å². The van der Waals surface area contributed by atoms with E-state index in [1.54, 1.807) is 9.71 Å². The van der Waals surface area contributed by atoms with Crippen molar-refractivity contribution in [1.82, 2.24) is 14.0 Å². The van der Waals surface area contributed by atoms with Gasteiger partial charge in [-0.05, 0) is 32.9 Å². The molecule has 0 spiro atoms. The summed E-state index contributed by atoms with van der Waals surface area (Å²) in [6.07, 6.45) is 1.68. The van der Waals surface area contributed by atoms with Gasteiger partial charge in [0.1, 0.15) is 0 Å². The topological polar surface area (TPSA) is 78.0 Å². The third-order valence-electron chi connectivity index (χ3n) is 4.53. The number of Topliss-reactive ketones (excluding diaryl/α,β-unsaturated/α-hetero) is 1. The van der Waals surface area contributed by atoms with Crippen LogP contribution in [0.25, 0.3) is 0 Å². The molecule has 122 valence electrons. The van der Waals surface area contributed by atoms with Crippen LogP contribution in [-0.4, -0.2) is 86.6 Å². The SMILES string of the molecule is [B]N1CCC(N2CCC(=O)C(N(C)S(=O)(=O)CC)C2=O)CC1. The average molecular weight is 327 g/mol. The van der Waals surface area contributed by atoms with Gasteiger partial charge in [0, 0.05) is 26.1 Å². The molecular weight excluding hydrogens is 305 g/mol. The summed E-state index contributed by atoms with van der Waals surface area (Å²) in [6, 6.07) is -1.18. The lowest BCUT2D eigenvalue weighted by Gasteiger charge is -2.42. The number of hydrogen-bond acceptors (Lipinski definition) is 5. The van der Waals surface area contributed by atoms with E-state index in [1.165, 1.54) is 14.0 Å². The number of ketones is 1. The van der Waals surface area contributed by atoms with Crippen LogP contribution in [0.2, 0.25) is 0 Å². The fraction of sp³-hybridized carbons (Fsp3) is 0.846. The summed E-state index contributed by atoms with van der Waals surface area (Å²) in [5, 5.41) is 0. The van der Waals surface area contributed by atoms with E-state index in [4.69, 9.17) is 7.98 Å². The summed E-state index contributed by atoms with van der Waals surface area (Å²) >= 11 is 0. The van der Waals surface area contributed by atoms with Gasteiger partial charge < -0.3 is 9.71 Å². The van der Waals surface area contributed by atoms with Gasteiger partial charge >= 0.3 is 0 Å². The first-order chi connectivity index (χ1) is 10.3. The molecule has 7 nitrogen and oxygen atoms in total. The smallest absolute Gasteiger partial charge is 0.248 e. The fourth-order valence-electron chi connectivity index (χ4n) is 3.05. The van der Waals surface area contributed by atoms with Gasteiger partial charge in [-0.2, -0.15) is 4.31 Å². The number of amides is 1. The Balaban J connectivity index is 2.17. The highest BCUT2D eigenvalue weighted by Crippen LogP contribution is 2.23. The number of carbonyl (C=O) groups excluding carboxylic acids is 2. The van der Waals surface area contributed by atoms with Crippen molar-refractivity contribution < 1.29 is 18.0 Å². The predicted octanol–water partition coefficient (Wildman–Crippen LogP) is -1.01. The molecule has 2 heterocycles. The van der Waals surface area contributed by atoms with Crippen LogP contribution in [0.1, 0.15) is 26.2 Å². The first-order valence-electron chi connectivity index (χ1n) is 7.56. The summed E-state index contributed by atoms with van der Waals surface area (Å²) in [7, 11) is 3.44. The maximum atomic E-state index is 12.7. The highest BCUT2D eigenvalue weighted by Gasteiger charge is 2.44. The molecule has 0 saturated carbocycles. The molecular formula is C13H22BN3O4S. The molecule has 2 fully saturated rings. The van der Waals surface area contributed by atoms with Gasteiger partial charge in [0.25, 0.3) is 0 Å². The van der Waals surface area contributed by atoms with Crippen molar-refractivity contribution >= 4 is 29.7 Å². The molecule has 2 radical (unpaired) electrons. The van der Waals surface area contributed by atoms with Crippen LogP contribution < -0.4 is 0 Å². The minimum absolute atomic E-state index is 0.0284. The molecule has 0 aromatic heterocycles. The van der Waals surface area contributed by atoms with Crippen LogP contribution in [0.5, 0.6) is 0 Å². The zero-order valence-electron chi connectivity index (χ0n) is 13.1. The second-order valence-electron chi connectivity index (χ2n) is 5.83. The molecule has 2 rings (SSSR count). The Kier molecular flexibility index (Phi) is 5.29. The monoisotopic (exact) mass is 327 g/mol. The third-order valence-corrected chi connectivity index (χ3v) is 6.35. The number of nitrogens with zero attached hydrogens (tertiary/aromatic N) is 3. The Morgan fingerprint density at radius 1 is 1.23 bits per heavy atom. The van der Waals surface area contributed by atoms with Crippen LogP contribution in [0.15, 0.2) is 0 Å². The molecule has 2 aliphatic heterocycles. The van der Waals surface area contributed by atoms with Gasteiger partial charge in [-0.25, -0.2) is 8.42 Å². The standard InChI is InChI=1S/C13H22BN3O4S/c1-3-22(20,21)15(2)12-11(18)6-9-17(13(12)19)10-4-7-16(14)8-5-10/h10,12H,3-9H2,1-2H3. The minimum atomic E-state index is -3.59. The molecule has 22 heavy (non-hydrogen) atoms. The molecule has 0 aromatic rings. The van der Waals surface area contributed by atoms with E-state index in [0.717, 1.165) is 17.1 Å². The number of piperidine rings is 2. The molecule has 9 heteroatoms. The fourth-order valence-corrected chi connectivity index (χ4v) is 3.99. The maximum absolute atomic E-state index is 12.7. The van der Waals surface area contributed by atoms with Crippen molar-refractivity contribution in [3.8, 4) is 0 Å².